The summed E-state index contributed by atoms with van der Waals surface area (Å²) in [4.78, 5) is 14.8. The maximum atomic E-state index is 10.4. The number of anilines is 1. The molecule has 1 aliphatic rings. The Morgan fingerprint density at radius 3 is 2.30 bits per heavy atom. The zero-order valence-electron chi connectivity index (χ0n) is 22.6. The van der Waals surface area contributed by atoms with Crippen LogP contribution in [0.1, 0.15) is 36.2 Å². The van der Waals surface area contributed by atoms with Crippen molar-refractivity contribution < 1.29 is 14.6 Å². The molecule has 0 bridgehead atoms. The molecule has 1 N–H and O–H groups in total. The molecular weight excluding hydrogens is 464 g/mol. The summed E-state index contributed by atoms with van der Waals surface area (Å²) in [5.74, 6) is 1.70. The number of β-amino-alcohol motifs (C(OH)–C–C–N with tert-alkyl or cyclic N) is 1. The molecule has 4 rings (SSSR count). The van der Waals surface area contributed by atoms with Gasteiger partial charge in [0.15, 0.2) is 5.82 Å². The van der Waals surface area contributed by atoms with Crippen molar-refractivity contribution in [1.29, 1.82) is 0 Å². The highest BCUT2D eigenvalue weighted by Gasteiger charge is 2.25. The van der Waals surface area contributed by atoms with Gasteiger partial charge in [0.05, 0.1) is 31.1 Å². The van der Waals surface area contributed by atoms with E-state index in [4.69, 9.17) is 19.4 Å². The Hall–Kier alpha value is -2.84. The van der Waals surface area contributed by atoms with Crippen molar-refractivity contribution >= 4 is 5.82 Å². The molecule has 2 aromatic carbocycles. The van der Waals surface area contributed by atoms with Gasteiger partial charge in [0.1, 0.15) is 5.82 Å². The lowest BCUT2D eigenvalue weighted by Crippen LogP contribution is -2.49. The quantitative estimate of drug-likeness (QED) is 0.422. The lowest BCUT2D eigenvalue weighted by molar-refractivity contribution is -0.00901. The number of rotatable bonds is 11. The molecule has 7 heteroatoms. The van der Waals surface area contributed by atoms with Crippen LogP contribution >= 0.6 is 0 Å². The number of hydrogen-bond acceptors (Lipinski definition) is 7. The Kier molecular flexibility index (Phi) is 9.63. The summed E-state index contributed by atoms with van der Waals surface area (Å²) < 4.78 is 11.2. The van der Waals surface area contributed by atoms with Gasteiger partial charge in [-0.15, -0.1) is 0 Å². The predicted molar refractivity (Wildman–Crippen MR) is 148 cm³/mol. The standard InChI is InChI=1S/C30H40N4O3/c1-22(2)37-20-26(35)19-33-14-16-34(17-15-33)30-27(18-24-12-10-23(3)11-13-24)28(21-36-4)31-29(32-30)25-8-6-5-7-9-25/h5-13,22,26,35H,14-21H2,1-4H3/t26-/m1/s1. The van der Waals surface area contributed by atoms with E-state index in [0.717, 1.165) is 61.1 Å². The van der Waals surface area contributed by atoms with Crippen LogP contribution in [-0.4, -0.2) is 78.6 Å². The van der Waals surface area contributed by atoms with Crippen LogP contribution in [0, 0.1) is 6.92 Å². The average Bonchev–Trinajstić information content (AvgIpc) is 2.90. The number of ether oxygens (including phenoxy) is 2. The summed E-state index contributed by atoms with van der Waals surface area (Å²) in [5, 5.41) is 10.4. The second-order valence-electron chi connectivity index (χ2n) is 10.1. The number of aryl methyl sites for hydroxylation is 1. The molecule has 1 atom stereocenters. The Bertz CT molecular complexity index is 1110. The fourth-order valence-corrected chi connectivity index (χ4v) is 4.64. The maximum Gasteiger partial charge on any atom is 0.161 e. The van der Waals surface area contributed by atoms with Crippen LogP contribution in [0.25, 0.3) is 11.4 Å². The predicted octanol–water partition coefficient (Wildman–Crippen LogP) is 4.10. The van der Waals surface area contributed by atoms with Crippen molar-refractivity contribution in [3.05, 3.63) is 77.0 Å². The third kappa shape index (κ3) is 7.58. The number of aliphatic hydroxyl groups excluding tert-OH is 1. The molecule has 2 heterocycles. The number of nitrogens with zero attached hydrogens (tertiary/aromatic N) is 4. The van der Waals surface area contributed by atoms with E-state index in [1.807, 2.05) is 44.2 Å². The van der Waals surface area contributed by atoms with Gasteiger partial charge >= 0.3 is 0 Å². The molecular formula is C30H40N4O3. The minimum absolute atomic E-state index is 0.122. The topological polar surface area (TPSA) is 71.0 Å². The van der Waals surface area contributed by atoms with Crippen molar-refractivity contribution in [3.8, 4) is 11.4 Å². The number of benzene rings is 2. The fourth-order valence-electron chi connectivity index (χ4n) is 4.64. The first-order valence-corrected chi connectivity index (χ1v) is 13.2. The zero-order chi connectivity index (χ0) is 26.2. The lowest BCUT2D eigenvalue weighted by atomic mass is 10.0. The second kappa shape index (κ2) is 13.1. The molecule has 1 aliphatic heterocycles. The molecule has 198 valence electrons. The number of hydrogen-bond donors (Lipinski definition) is 1. The van der Waals surface area contributed by atoms with E-state index >= 15 is 0 Å². The highest BCUT2D eigenvalue weighted by Crippen LogP contribution is 2.29. The Morgan fingerprint density at radius 2 is 1.65 bits per heavy atom. The van der Waals surface area contributed by atoms with E-state index in [-0.39, 0.29) is 6.10 Å². The Labute approximate surface area is 221 Å². The normalized spacial score (nSPS) is 15.4. The van der Waals surface area contributed by atoms with Crippen LogP contribution in [-0.2, 0) is 22.5 Å². The van der Waals surface area contributed by atoms with Gasteiger partial charge in [-0.1, -0.05) is 60.2 Å². The minimum Gasteiger partial charge on any atom is -0.389 e. The maximum absolute atomic E-state index is 10.4. The summed E-state index contributed by atoms with van der Waals surface area (Å²) in [5.41, 5.74) is 5.51. The number of aromatic nitrogens is 2. The summed E-state index contributed by atoms with van der Waals surface area (Å²) in [6, 6.07) is 18.8. The van der Waals surface area contributed by atoms with E-state index in [1.54, 1.807) is 7.11 Å². The van der Waals surface area contributed by atoms with Gasteiger partial charge in [-0.3, -0.25) is 4.90 Å². The van der Waals surface area contributed by atoms with Gasteiger partial charge in [-0.05, 0) is 26.3 Å². The molecule has 1 aromatic heterocycles. The highest BCUT2D eigenvalue weighted by atomic mass is 16.5. The van der Waals surface area contributed by atoms with Crippen LogP contribution in [0.2, 0.25) is 0 Å². The molecule has 0 unspecified atom stereocenters. The van der Waals surface area contributed by atoms with E-state index in [2.05, 4.69) is 41.0 Å². The second-order valence-corrected chi connectivity index (χ2v) is 10.1. The number of aliphatic hydroxyl groups is 1. The van der Waals surface area contributed by atoms with Crippen molar-refractivity contribution in [2.45, 2.75) is 46.0 Å². The lowest BCUT2D eigenvalue weighted by Gasteiger charge is -2.37. The monoisotopic (exact) mass is 504 g/mol. The van der Waals surface area contributed by atoms with Crippen molar-refractivity contribution in [1.82, 2.24) is 14.9 Å². The fraction of sp³-hybridized carbons (Fsp3) is 0.467. The van der Waals surface area contributed by atoms with Crippen molar-refractivity contribution in [2.24, 2.45) is 0 Å². The van der Waals surface area contributed by atoms with Gasteiger partial charge < -0.3 is 19.5 Å². The van der Waals surface area contributed by atoms with Gasteiger partial charge in [-0.25, -0.2) is 9.97 Å². The van der Waals surface area contributed by atoms with Crippen LogP contribution in [0.4, 0.5) is 5.82 Å². The SMILES string of the molecule is COCc1nc(-c2ccccc2)nc(N2CCN(C[C@@H](O)COC(C)C)CC2)c1Cc1ccc(C)cc1. The molecule has 0 aliphatic carbocycles. The third-order valence-corrected chi connectivity index (χ3v) is 6.65. The van der Waals surface area contributed by atoms with Crippen LogP contribution in [0.15, 0.2) is 54.6 Å². The molecule has 0 spiro atoms. The molecule has 1 saturated heterocycles. The zero-order valence-corrected chi connectivity index (χ0v) is 22.6. The van der Waals surface area contributed by atoms with Crippen molar-refractivity contribution in [2.75, 3.05) is 51.3 Å². The first kappa shape index (κ1) is 27.2. The summed E-state index contributed by atoms with van der Waals surface area (Å²) >= 11 is 0. The van der Waals surface area contributed by atoms with Crippen LogP contribution in [0.5, 0.6) is 0 Å². The van der Waals surface area contributed by atoms with E-state index in [1.165, 1.54) is 11.1 Å². The average molecular weight is 505 g/mol. The van der Waals surface area contributed by atoms with E-state index in [0.29, 0.717) is 19.8 Å². The largest absolute Gasteiger partial charge is 0.389 e. The van der Waals surface area contributed by atoms with E-state index < -0.39 is 6.10 Å². The van der Waals surface area contributed by atoms with Crippen LogP contribution in [0.3, 0.4) is 0 Å². The molecule has 0 saturated carbocycles. The first-order valence-electron chi connectivity index (χ1n) is 13.2. The summed E-state index contributed by atoms with van der Waals surface area (Å²) in [7, 11) is 1.71. The summed E-state index contributed by atoms with van der Waals surface area (Å²) in [6.07, 6.45) is 0.383. The van der Waals surface area contributed by atoms with Gasteiger partial charge in [0.25, 0.3) is 0 Å². The molecule has 1 fully saturated rings. The van der Waals surface area contributed by atoms with E-state index in [9.17, 15) is 5.11 Å². The molecule has 3 aromatic rings. The van der Waals surface area contributed by atoms with Gasteiger partial charge in [0.2, 0.25) is 0 Å². The highest BCUT2D eigenvalue weighted by molar-refractivity contribution is 5.61. The number of methoxy groups -OCH3 is 1. The molecule has 7 nitrogen and oxygen atoms in total. The molecule has 0 radical (unpaired) electrons. The smallest absolute Gasteiger partial charge is 0.161 e. The van der Waals surface area contributed by atoms with Crippen molar-refractivity contribution in [3.63, 3.8) is 0 Å². The number of piperazine rings is 1. The molecule has 0 amide bonds. The van der Waals surface area contributed by atoms with Crippen LogP contribution < -0.4 is 4.90 Å². The summed E-state index contributed by atoms with van der Waals surface area (Å²) in [6.45, 7) is 10.9. The molecule has 37 heavy (non-hydrogen) atoms. The third-order valence-electron chi connectivity index (χ3n) is 6.65. The minimum atomic E-state index is -0.483. The first-order chi connectivity index (χ1) is 17.9. The Morgan fingerprint density at radius 1 is 0.946 bits per heavy atom. The van der Waals surface area contributed by atoms with Gasteiger partial charge in [0, 0.05) is 57.4 Å². The Balaban J connectivity index is 1.61. The van der Waals surface area contributed by atoms with Gasteiger partial charge in [-0.2, -0.15) is 0 Å².